The van der Waals surface area contributed by atoms with Gasteiger partial charge in [-0.25, -0.2) is 0 Å². The Hall–Kier alpha value is -1.08. The molecule has 0 amide bonds. The highest BCUT2D eigenvalue weighted by atomic mass is 16.5. The third-order valence-corrected chi connectivity index (χ3v) is 2.77. The summed E-state index contributed by atoms with van der Waals surface area (Å²) >= 11 is 0. The number of hydrogen-bond donors (Lipinski definition) is 0. The van der Waals surface area contributed by atoms with Gasteiger partial charge in [-0.2, -0.15) is 0 Å². The second-order valence-electron chi connectivity index (χ2n) is 4.03. The molecule has 0 aromatic heterocycles. The van der Waals surface area contributed by atoms with E-state index >= 15 is 0 Å². The molecule has 1 heteroatoms. The van der Waals surface area contributed by atoms with Crippen molar-refractivity contribution in [3.05, 3.63) is 42.0 Å². The van der Waals surface area contributed by atoms with Crippen LogP contribution in [0.3, 0.4) is 0 Å². The van der Waals surface area contributed by atoms with Crippen molar-refractivity contribution in [2.75, 3.05) is 6.61 Å². The highest BCUT2D eigenvalue weighted by Gasteiger charge is 2.08. The van der Waals surface area contributed by atoms with E-state index in [0.717, 1.165) is 6.61 Å². The van der Waals surface area contributed by atoms with Crippen molar-refractivity contribution in [3.8, 4) is 0 Å². The molecule has 0 aliphatic carbocycles. The van der Waals surface area contributed by atoms with Crippen LogP contribution in [-0.2, 0) is 4.74 Å². The molecule has 0 N–H and O–H groups in total. The zero-order valence-corrected chi connectivity index (χ0v) is 9.06. The van der Waals surface area contributed by atoms with Crippen LogP contribution in [0.4, 0.5) is 0 Å². The third-order valence-electron chi connectivity index (χ3n) is 2.77. The molecule has 1 unspecified atom stereocenters. The summed E-state index contributed by atoms with van der Waals surface area (Å²) in [6, 6.07) is 10.4. The fraction of sp³-hybridized carbons (Fsp3) is 0.429. The number of benzene rings is 1. The van der Waals surface area contributed by atoms with E-state index < -0.39 is 0 Å². The first-order chi connectivity index (χ1) is 7.45. The van der Waals surface area contributed by atoms with E-state index in [9.17, 15) is 0 Å². The fourth-order valence-corrected chi connectivity index (χ4v) is 1.88. The van der Waals surface area contributed by atoms with E-state index in [1.807, 2.05) is 6.07 Å². The predicted molar refractivity (Wildman–Crippen MR) is 63.7 cm³/mol. The zero-order chi connectivity index (χ0) is 10.3. The minimum Gasteiger partial charge on any atom is -0.374 e. The molecule has 0 spiro atoms. The Kier molecular flexibility index (Phi) is 3.98. The lowest BCUT2D eigenvalue weighted by atomic mass is 10.1. The molecule has 15 heavy (non-hydrogen) atoms. The third kappa shape index (κ3) is 3.52. The Morgan fingerprint density at radius 1 is 1.07 bits per heavy atom. The second kappa shape index (κ2) is 5.72. The lowest BCUT2D eigenvalue weighted by Crippen LogP contribution is -2.07. The van der Waals surface area contributed by atoms with Gasteiger partial charge in [0, 0.05) is 6.61 Å². The van der Waals surface area contributed by atoms with Crippen molar-refractivity contribution in [1.82, 2.24) is 0 Å². The van der Waals surface area contributed by atoms with E-state index in [-0.39, 0.29) is 0 Å². The van der Waals surface area contributed by atoms with Gasteiger partial charge in [0.1, 0.15) is 0 Å². The molecule has 2 rings (SSSR count). The normalized spacial score (nSPS) is 22.8. The molecule has 0 saturated carbocycles. The monoisotopic (exact) mass is 202 g/mol. The summed E-state index contributed by atoms with van der Waals surface area (Å²) in [6.07, 6.45) is 9.68. The van der Waals surface area contributed by atoms with Gasteiger partial charge in [0.15, 0.2) is 0 Å². The summed E-state index contributed by atoms with van der Waals surface area (Å²) in [5.41, 5.74) is 1.25. The molecule has 1 nitrogen and oxygen atoms in total. The summed E-state index contributed by atoms with van der Waals surface area (Å²) < 4.78 is 5.74. The van der Waals surface area contributed by atoms with Crippen LogP contribution in [0.25, 0.3) is 6.08 Å². The SMILES string of the molecule is C(=CC1CCCCCO1)c1ccccc1. The van der Waals surface area contributed by atoms with Crippen LogP contribution in [0.1, 0.15) is 31.2 Å². The smallest absolute Gasteiger partial charge is 0.0759 e. The van der Waals surface area contributed by atoms with Crippen LogP contribution < -0.4 is 0 Å². The molecule has 1 fully saturated rings. The average molecular weight is 202 g/mol. The first kappa shape index (κ1) is 10.4. The molecule has 1 aliphatic rings. The van der Waals surface area contributed by atoms with Crippen LogP contribution in [0.15, 0.2) is 36.4 Å². The molecule has 80 valence electrons. The van der Waals surface area contributed by atoms with Gasteiger partial charge in [0.05, 0.1) is 6.10 Å². The van der Waals surface area contributed by atoms with Crippen molar-refractivity contribution >= 4 is 6.08 Å². The van der Waals surface area contributed by atoms with Crippen LogP contribution >= 0.6 is 0 Å². The maximum Gasteiger partial charge on any atom is 0.0759 e. The highest BCUT2D eigenvalue weighted by molar-refractivity contribution is 5.49. The Bertz CT molecular complexity index is 294. The molecule has 0 radical (unpaired) electrons. The first-order valence-corrected chi connectivity index (χ1v) is 5.80. The lowest BCUT2D eigenvalue weighted by Gasteiger charge is -2.09. The molecule has 1 aromatic carbocycles. The van der Waals surface area contributed by atoms with Gasteiger partial charge in [-0.05, 0) is 18.4 Å². The summed E-state index contributed by atoms with van der Waals surface area (Å²) in [7, 11) is 0. The van der Waals surface area contributed by atoms with E-state index in [1.165, 1.54) is 31.2 Å². The Labute approximate surface area is 91.8 Å². The van der Waals surface area contributed by atoms with Gasteiger partial charge in [0.25, 0.3) is 0 Å². The Morgan fingerprint density at radius 3 is 2.80 bits per heavy atom. The molecule has 0 bridgehead atoms. The van der Waals surface area contributed by atoms with Crippen molar-refractivity contribution in [2.45, 2.75) is 31.8 Å². The standard InChI is InChI=1S/C14H18O/c1-3-7-13(8-4-1)10-11-14-9-5-2-6-12-15-14/h1,3-4,7-8,10-11,14H,2,5-6,9,12H2. The van der Waals surface area contributed by atoms with Gasteiger partial charge >= 0.3 is 0 Å². The van der Waals surface area contributed by atoms with E-state index in [2.05, 4.69) is 36.4 Å². The first-order valence-electron chi connectivity index (χ1n) is 5.80. The summed E-state index contributed by atoms with van der Waals surface area (Å²) in [5, 5.41) is 0. The molecule has 1 atom stereocenters. The van der Waals surface area contributed by atoms with Crippen LogP contribution in [0, 0.1) is 0 Å². The fourth-order valence-electron chi connectivity index (χ4n) is 1.88. The van der Waals surface area contributed by atoms with E-state index in [0.29, 0.717) is 6.10 Å². The molecular weight excluding hydrogens is 184 g/mol. The van der Waals surface area contributed by atoms with Gasteiger partial charge in [-0.1, -0.05) is 55.3 Å². The maximum atomic E-state index is 5.74. The summed E-state index contributed by atoms with van der Waals surface area (Å²) in [4.78, 5) is 0. The Morgan fingerprint density at radius 2 is 1.93 bits per heavy atom. The number of rotatable bonds is 2. The zero-order valence-electron chi connectivity index (χ0n) is 9.06. The predicted octanol–water partition coefficient (Wildman–Crippen LogP) is 3.66. The molecule has 1 heterocycles. The molecule has 1 aromatic rings. The van der Waals surface area contributed by atoms with Crippen molar-refractivity contribution in [1.29, 1.82) is 0 Å². The van der Waals surface area contributed by atoms with Crippen LogP contribution in [0.2, 0.25) is 0 Å². The second-order valence-corrected chi connectivity index (χ2v) is 4.03. The summed E-state index contributed by atoms with van der Waals surface area (Å²) in [6.45, 7) is 0.920. The Balaban J connectivity index is 1.92. The lowest BCUT2D eigenvalue weighted by molar-refractivity contribution is 0.0922. The molecule has 1 saturated heterocycles. The van der Waals surface area contributed by atoms with Crippen molar-refractivity contribution in [2.24, 2.45) is 0 Å². The van der Waals surface area contributed by atoms with E-state index in [1.54, 1.807) is 0 Å². The molecule has 1 aliphatic heterocycles. The van der Waals surface area contributed by atoms with Crippen LogP contribution in [-0.4, -0.2) is 12.7 Å². The minimum atomic E-state index is 0.327. The average Bonchev–Trinajstić information content (AvgIpc) is 2.56. The highest BCUT2D eigenvalue weighted by Crippen LogP contribution is 2.15. The quantitative estimate of drug-likeness (QED) is 0.711. The van der Waals surface area contributed by atoms with Gasteiger partial charge in [0.2, 0.25) is 0 Å². The minimum absolute atomic E-state index is 0.327. The largest absolute Gasteiger partial charge is 0.374 e. The number of hydrogen-bond acceptors (Lipinski definition) is 1. The molecular formula is C14H18O. The van der Waals surface area contributed by atoms with Crippen molar-refractivity contribution < 1.29 is 4.74 Å². The summed E-state index contributed by atoms with van der Waals surface area (Å²) in [5.74, 6) is 0. The van der Waals surface area contributed by atoms with Crippen molar-refractivity contribution in [3.63, 3.8) is 0 Å². The maximum absolute atomic E-state index is 5.74. The van der Waals surface area contributed by atoms with Crippen LogP contribution in [0.5, 0.6) is 0 Å². The van der Waals surface area contributed by atoms with Gasteiger partial charge < -0.3 is 4.74 Å². The number of ether oxygens (including phenoxy) is 1. The van der Waals surface area contributed by atoms with E-state index in [4.69, 9.17) is 4.74 Å². The topological polar surface area (TPSA) is 9.23 Å². The van der Waals surface area contributed by atoms with Gasteiger partial charge in [-0.15, -0.1) is 0 Å². The van der Waals surface area contributed by atoms with Gasteiger partial charge in [-0.3, -0.25) is 0 Å².